The van der Waals surface area contributed by atoms with Gasteiger partial charge in [0.15, 0.2) is 6.10 Å². The van der Waals surface area contributed by atoms with Crippen LogP contribution in [0, 0.1) is 0 Å². The van der Waals surface area contributed by atoms with Crippen LogP contribution in [0.15, 0.2) is 24.3 Å². The molecule has 0 heterocycles. The van der Waals surface area contributed by atoms with Gasteiger partial charge in [-0.15, -0.1) is 0 Å². The van der Waals surface area contributed by atoms with Crippen molar-refractivity contribution in [3.8, 4) is 0 Å². The molecule has 59 heavy (non-hydrogen) atoms. The zero-order valence-electron chi connectivity index (χ0n) is 39.5. The molecule has 0 aromatic carbocycles. The van der Waals surface area contributed by atoms with Gasteiger partial charge in [0, 0.05) is 19.3 Å². The molecule has 0 saturated carbocycles. The highest BCUT2D eigenvalue weighted by Gasteiger charge is 2.19. The quantitative estimate of drug-likeness (QED) is 0.0263. The van der Waals surface area contributed by atoms with Gasteiger partial charge in [-0.2, -0.15) is 0 Å². The molecule has 0 N–H and O–H groups in total. The van der Waals surface area contributed by atoms with Crippen LogP contribution in [0.3, 0.4) is 0 Å². The van der Waals surface area contributed by atoms with E-state index in [0.717, 1.165) is 70.6 Å². The molecule has 0 aromatic heterocycles. The standard InChI is InChI=1S/C53H98O6/c1-4-7-10-13-16-19-22-25-26-29-31-34-37-40-43-46-52(55)58-49-50(59-53(56)47-44-41-38-35-32-28-24-21-18-15-12-9-6-3)48-57-51(54)45-42-39-36-33-30-27-23-20-17-14-11-8-5-2/h21,24-26,50H,4-20,22-23,27-49H2,1-3H3/t50-/m1/s1. The van der Waals surface area contributed by atoms with Crippen molar-refractivity contribution in [3.05, 3.63) is 24.3 Å². The smallest absolute Gasteiger partial charge is 0.306 e. The predicted molar refractivity (Wildman–Crippen MR) is 252 cm³/mol. The van der Waals surface area contributed by atoms with E-state index in [9.17, 15) is 14.4 Å². The third-order valence-corrected chi connectivity index (χ3v) is 11.4. The Morgan fingerprint density at radius 1 is 0.322 bits per heavy atom. The number of carbonyl (C=O) groups is 3. The second-order valence-corrected chi connectivity index (χ2v) is 17.4. The van der Waals surface area contributed by atoms with Crippen molar-refractivity contribution in [1.29, 1.82) is 0 Å². The monoisotopic (exact) mass is 831 g/mol. The number of esters is 3. The molecular formula is C53H98O6. The maximum Gasteiger partial charge on any atom is 0.306 e. The van der Waals surface area contributed by atoms with Gasteiger partial charge in [0.2, 0.25) is 0 Å². The van der Waals surface area contributed by atoms with Crippen molar-refractivity contribution in [2.24, 2.45) is 0 Å². The molecule has 0 aliphatic carbocycles. The van der Waals surface area contributed by atoms with Gasteiger partial charge in [0.05, 0.1) is 0 Å². The molecule has 6 nitrogen and oxygen atoms in total. The second-order valence-electron chi connectivity index (χ2n) is 17.4. The Morgan fingerprint density at radius 3 is 0.864 bits per heavy atom. The number of hydrogen-bond donors (Lipinski definition) is 0. The van der Waals surface area contributed by atoms with Crippen LogP contribution in [-0.2, 0) is 28.6 Å². The lowest BCUT2D eigenvalue weighted by Crippen LogP contribution is -2.30. The van der Waals surface area contributed by atoms with Gasteiger partial charge in [-0.05, 0) is 70.6 Å². The van der Waals surface area contributed by atoms with E-state index in [2.05, 4.69) is 45.1 Å². The Bertz CT molecular complexity index is 958. The first-order valence-electron chi connectivity index (χ1n) is 25.8. The Morgan fingerprint density at radius 2 is 0.559 bits per heavy atom. The maximum atomic E-state index is 12.8. The molecule has 0 rings (SSSR count). The molecule has 0 unspecified atom stereocenters. The number of rotatable bonds is 47. The molecule has 0 bridgehead atoms. The van der Waals surface area contributed by atoms with Crippen molar-refractivity contribution in [2.75, 3.05) is 13.2 Å². The molecule has 0 spiro atoms. The first-order valence-corrected chi connectivity index (χ1v) is 25.8. The summed E-state index contributed by atoms with van der Waals surface area (Å²) in [5.74, 6) is -0.879. The van der Waals surface area contributed by atoms with Crippen LogP contribution >= 0.6 is 0 Å². The molecule has 0 amide bonds. The Balaban J connectivity index is 4.36. The van der Waals surface area contributed by atoms with E-state index in [1.165, 1.54) is 167 Å². The van der Waals surface area contributed by atoms with Gasteiger partial charge >= 0.3 is 17.9 Å². The zero-order chi connectivity index (χ0) is 43.0. The second kappa shape index (κ2) is 48.6. The molecule has 0 fully saturated rings. The fourth-order valence-corrected chi connectivity index (χ4v) is 7.49. The summed E-state index contributed by atoms with van der Waals surface area (Å²) in [6.07, 6.45) is 54.4. The van der Waals surface area contributed by atoms with E-state index >= 15 is 0 Å². The lowest BCUT2D eigenvalue weighted by Gasteiger charge is -2.18. The van der Waals surface area contributed by atoms with E-state index < -0.39 is 6.10 Å². The van der Waals surface area contributed by atoms with Gasteiger partial charge < -0.3 is 14.2 Å². The van der Waals surface area contributed by atoms with Gasteiger partial charge in [-0.25, -0.2) is 0 Å². The summed E-state index contributed by atoms with van der Waals surface area (Å²) in [4.78, 5) is 37.9. The highest BCUT2D eigenvalue weighted by molar-refractivity contribution is 5.71. The first-order chi connectivity index (χ1) is 29.0. The number of unbranched alkanes of at least 4 members (excludes halogenated alkanes) is 32. The van der Waals surface area contributed by atoms with Gasteiger partial charge in [-0.3, -0.25) is 14.4 Å². The lowest BCUT2D eigenvalue weighted by molar-refractivity contribution is -0.167. The maximum absolute atomic E-state index is 12.8. The van der Waals surface area contributed by atoms with Crippen molar-refractivity contribution in [2.45, 2.75) is 284 Å². The molecule has 0 aliphatic heterocycles. The number of carbonyl (C=O) groups excluding carboxylic acids is 3. The Kier molecular flexibility index (Phi) is 46.8. The molecule has 6 heteroatoms. The van der Waals surface area contributed by atoms with Crippen LogP contribution < -0.4 is 0 Å². The summed E-state index contributed by atoms with van der Waals surface area (Å²) in [6, 6.07) is 0. The molecule has 1 atom stereocenters. The van der Waals surface area contributed by atoms with Crippen LogP contribution in [-0.4, -0.2) is 37.2 Å². The van der Waals surface area contributed by atoms with Crippen molar-refractivity contribution >= 4 is 17.9 Å². The van der Waals surface area contributed by atoms with Crippen LogP contribution in [0.5, 0.6) is 0 Å². The molecule has 0 radical (unpaired) electrons. The molecular weight excluding hydrogens is 733 g/mol. The largest absolute Gasteiger partial charge is 0.462 e. The first kappa shape index (κ1) is 56.9. The highest BCUT2D eigenvalue weighted by Crippen LogP contribution is 2.15. The number of ether oxygens (including phenoxy) is 3. The highest BCUT2D eigenvalue weighted by atomic mass is 16.6. The van der Waals surface area contributed by atoms with E-state index in [1.54, 1.807) is 0 Å². The number of allylic oxidation sites excluding steroid dienone is 4. The van der Waals surface area contributed by atoms with Gasteiger partial charge in [0.1, 0.15) is 13.2 Å². The van der Waals surface area contributed by atoms with Crippen molar-refractivity contribution in [1.82, 2.24) is 0 Å². The van der Waals surface area contributed by atoms with Crippen molar-refractivity contribution in [3.63, 3.8) is 0 Å². The van der Waals surface area contributed by atoms with Crippen LogP contribution in [0.2, 0.25) is 0 Å². The fourth-order valence-electron chi connectivity index (χ4n) is 7.49. The molecule has 0 aromatic rings. The van der Waals surface area contributed by atoms with Gasteiger partial charge in [-0.1, -0.05) is 212 Å². The van der Waals surface area contributed by atoms with Crippen LogP contribution in [0.25, 0.3) is 0 Å². The van der Waals surface area contributed by atoms with E-state index in [0.29, 0.717) is 19.3 Å². The Hall–Kier alpha value is -2.11. The third-order valence-electron chi connectivity index (χ3n) is 11.4. The summed E-state index contributed by atoms with van der Waals surface area (Å²) in [5.41, 5.74) is 0. The summed E-state index contributed by atoms with van der Waals surface area (Å²) in [6.45, 7) is 6.62. The Labute approximate surface area is 366 Å². The summed E-state index contributed by atoms with van der Waals surface area (Å²) in [7, 11) is 0. The summed E-state index contributed by atoms with van der Waals surface area (Å²) in [5, 5.41) is 0. The minimum Gasteiger partial charge on any atom is -0.462 e. The van der Waals surface area contributed by atoms with Gasteiger partial charge in [0.25, 0.3) is 0 Å². The minimum absolute atomic E-state index is 0.0736. The summed E-state index contributed by atoms with van der Waals surface area (Å²) < 4.78 is 16.8. The average Bonchev–Trinajstić information content (AvgIpc) is 3.23. The van der Waals surface area contributed by atoms with E-state index in [1.807, 2.05) is 0 Å². The zero-order valence-corrected chi connectivity index (χ0v) is 39.5. The minimum atomic E-state index is -0.773. The van der Waals surface area contributed by atoms with E-state index in [-0.39, 0.29) is 31.1 Å². The number of hydrogen-bond acceptors (Lipinski definition) is 6. The normalized spacial score (nSPS) is 12.1. The average molecular weight is 831 g/mol. The van der Waals surface area contributed by atoms with E-state index in [4.69, 9.17) is 14.2 Å². The molecule has 0 saturated heterocycles. The van der Waals surface area contributed by atoms with Crippen LogP contribution in [0.4, 0.5) is 0 Å². The summed E-state index contributed by atoms with van der Waals surface area (Å²) >= 11 is 0. The topological polar surface area (TPSA) is 78.9 Å². The lowest BCUT2D eigenvalue weighted by atomic mass is 10.0. The molecule has 346 valence electrons. The van der Waals surface area contributed by atoms with Crippen LogP contribution in [0.1, 0.15) is 278 Å². The third kappa shape index (κ3) is 46.8. The SMILES string of the molecule is CCCCCCC=CCCCCCCCC(=O)O[C@@H](COC(=O)CCCCCCCC=CCCCCCCCC)COC(=O)CCCCCCCCCCCCCCC. The van der Waals surface area contributed by atoms with Crippen molar-refractivity contribution < 1.29 is 28.6 Å². The predicted octanol–water partition coefficient (Wildman–Crippen LogP) is 16.8. The fraction of sp³-hybridized carbons (Fsp3) is 0.868. The molecule has 0 aliphatic rings.